The van der Waals surface area contributed by atoms with Gasteiger partial charge in [0, 0.05) is 19.5 Å². The normalized spacial score (nSPS) is 31.5. The van der Waals surface area contributed by atoms with Crippen molar-refractivity contribution in [3.8, 4) is 0 Å². The van der Waals surface area contributed by atoms with Gasteiger partial charge in [0.15, 0.2) is 6.23 Å². The average molecular weight is 325 g/mol. The van der Waals surface area contributed by atoms with Gasteiger partial charge in [-0.3, -0.25) is 14.5 Å². The summed E-state index contributed by atoms with van der Waals surface area (Å²) in [6, 6.07) is 0.389. The number of rotatable bonds is 8. The molecule has 4 atom stereocenters. The third-order valence-corrected chi connectivity index (χ3v) is 5.14. The van der Waals surface area contributed by atoms with E-state index in [0.717, 1.165) is 44.7 Å². The van der Waals surface area contributed by atoms with Crippen molar-refractivity contribution in [2.75, 3.05) is 19.7 Å². The standard InChI is InChI=1S/C16H32BN3O3/c1-3-4-13-5-6-16(20(10-13)12(2)21)23-19-22-11-15-7-14(8-17)9-18-15/h13-16,18-19H,3-11,17H2,1-2H3/t13?,14?,15?,16-/m1/s1. The summed E-state index contributed by atoms with van der Waals surface area (Å²) in [5.41, 5.74) is 2.61. The summed E-state index contributed by atoms with van der Waals surface area (Å²) in [5.74, 6) is 1.42. The number of likely N-dealkylation sites (tertiary alicyclic amines) is 1. The Morgan fingerprint density at radius 3 is 2.87 bits per heavy atom. The van der Waals surface area contributed by atoms with Crippen LogP contribution in [-0.2, 0) is 14.5 Å². The van der Waals surface area contributed by atoms with Gasteiger partial charge in [0.2, 0.25) is 5.91 Å². The van der Waals surface area contributed by atoms with Crippen LogP contribution in [0, 0.1) is 11.8 Å². The van der Waals surface area contributed by atoms with Crippen molar-refractivity contribution in [3.63, 3.8) is 0 Å². The van der Waals surface area contributed by atoms with Crippen molar-refractivity contribution in [2.24, 2.45) is 11.8 Å². The average Bonchev–Trinajstić information content (AvgIpc) is 3.00. The zero-order valence-corrected chi connectivity index (χ0v) is 14.8. The Labute approximate surface area is 141 Å². The lowest BCUT2D eigenvalue weighted by molar-refractivity contribution is -0.241. The molecule has 0 aromatic rings. The molecule has 0 aromatic heterocycles. The summed E-state index contributed by atoms with van der Waals surface area (Å²) < 4.78 is 0. The summed E-state index contributed by atoms with van der Waals surface area (Å²) in [7, 11) is 2.22. The van der Waals surface area contributed by atoms with Crippen LogP contribution < -0.4 is 11.0 Å². The molecular weight excluding hydrogens is 293 g/mol. The molecule has 2 aliphatic heterocycles. The van der Waals surface area contributed by atoms with Gasteiger partial charge in [-0.05, 0) is 44.1 Å². The van der Waals surface area contributed by atoms with E-state index >= 15 is 0 Å². The molecule has 2 saturated heterocycles. The molecule has 6 nitrogen and oxygen atoms in total. The quantitative estimate of drug-likeness (QED) is 0.394. The second kappa shape index (κ2) is 9.62. The third kappa shape index (κ3) is 5.74. The maximum absolute atomic E-state index is 11.8. The van der Waals surface area contributed by atoms with E-state index < -0.39 is 0 Å². The molecule has 23 heavy (non-hydrogen) atoms. The van der Waals surface area contributed by atoms with Crippen molar-refractivity contribution < 1.29 is 14.5 Å². The molecule has 3 unspecified atom stereocenters. The Bertz CT molecular complexity index is 372. The van der Waals surface area contributed by atoms with Gasteiger partial charge < -0.3 is 10.2 Å². The minimum atomic E-state index is -0.222. The fourth-order valence-electron chi connectivity index (χ4n) is 3.68. The van der Waals surface area contributed by atoms with Gasteiger partial charge in [-0.15, -0.1) is 0 Å². The molecule has 0 bridgehead atoms. The second-order valence-electron chi connectivity index (χ2n) is 6.99. The van der Waals surface area contributed by atoms with E-state index in [1.165, 1.54) is 12.7 Å². The Kier molecular flexibility index (Phi) is 7.82. The maximum Gasteiger partial charge on any atom is 0.221 e. The van der Waals surface area contributed by atoms with Gasteiger partial charge >= 0.3 is 0 Å². The van der Waals surface area contributed by atoms with Crippen LogP contribution in [0.25, 0.3) is 0 Å². The van der Waals surface area contributed by atoms with Crippen LogP contribution in [0.2, 0.25) is 6.32 Å². The van der Waals surface area contributed by atoms with Gasteiger partial charge in [-0.25, -0.2) is 0 Å². The molecule has 2 N–H and O–H groups in total. The van der Waals surface area contributed by atoms with Crippen molar-refractivity contribution in [2.45, 2.75) is 64.5 Å². The summed E-state index contributed by atoms with van der Waals surface area (Å²) >= 11 is 0. The van der Waals surface area contributed by atoms with Gasteiger partial charge in [-0.1, -0.05) is 25.3 Å². The summed E-state index contributed by atoms with van der Waals surface area (Å²) in [6.45, 7) is 6.25. The number of nitrogens with one attached hydrogen (secondary N) is 2. The first-order valence-corrected chi connectivity index (χ1v) is 9.17. The van der Waals surface area contributed by atoms with Crippen LogP contribution in [0.1, 0.15) is 46.0 Å². The number of hydrogen-bond donors (Lipinski definition) is 2. The summed E-state index contributed by atoms with van der Waals surface area (Å²) in [5, 5.41) is 3.46. The lowest BCUT2D eigenvalue weighted by Gasteiger charge is -2.38. The minimum Gasteiger partial charge on any atom is -0.315 e. The first-order chi connectivity index (χ1) is 11.1. The maximum atomic E-state index is 11.8. The molecule has 0 saturated carbocycles. The number of amides is 1. The highest BCUT2D eigenvalue weighted by molar-refractivity contribution is 6.08. The fraction of sp³-hybridized carbons (Fsp3) is 0.938. The molecule has 0 aromatic carbocycles. The molecule has 0 aliphatic carbocycles. The van der Waals surface area contributed by atoms with Crippen LogP contribution in [0.5, 0.6) is 0 Å². The smallest absolute Gasteiger partial charge is 0.221 e. The van der Waals surface area contributed by atoms with Crippen LogP contribution in [0.4, 0.5) is 0 Å². The molecule has 7 heteroatoms. The Morgan fingerprint density at radius 1 is 1.39 bits per heavy atom. The largest absolute Gasteiger partial charge is 0.315 e. The molecule has 0 radical (unpaired) electrons. The highest BCUT2D eigenvalue weighted by Crippen LogP contribution is 2.25. The Balaban J connectivity index is 1.67. The minimum absolute atomic E-state index is 0.0702. The van der Waals surface area contributed by atoms with E-state index in [2.05, 4.69) is 25.7 Å². The second-order valence-corrected chi connectivity index (χ2v) is 6.99. The number of carbonyl (C=O) groups excluding carboxylic acids is 1. The van der Waals surface area contributed by atoms with Gasteiger partial charge in [0.25, 0.3) is 0 Å². The fourth-order valence-corrected chi connectivity index (χ4v) is 3.68. The first-order valence-electron chi connectivity index (χ1n) is 9.17. The third-order valence-electron chi connectivity index (χ3n) is 5.14. The van der Waals surface area contributed by atoms with Crippen molar-refractivity contribution in [3.05, 3.63) is 0 Å². The lowest BCUT2D eigenvalue weighted by Crippen LogP contribution is -2.49. The molecule has 2 fully saturated rings. The van der Waals surface area contributed by atoms with E-state index in [0.29, 0.717) is 18.6 Å². The molecular formula is C16H32BN3O3. The van der Waals surface area contributed by atoms with Crippen LogP contribution >= 0.6 is 0 Å². The monoisotopic (exact) mass is 325 g/mol. The van der Waals surface area contributed by atoms with Gasteiger partial charge in [-0.2, -0.15) is 0 Å². The Morgan fingerprint density at radius 2 is 2.22 bits per heavy atom. The number of piperidine rings is 1. The molecule has 1 amide bonds. The topological polar surface area (TPSA) is 62.8 Å². The molecule has 0 spiro atoms. The highest BCUT2D eigenvalue weighted by Gasteiger charge is 2.30. The zero-order chi connectivity index (χ0) is 16.7. The van der Waals surface area contributed by atoms with E-state index in [1.807, 2.05) is 4.90 Å². The van der Waals surface area contributed by atoms with E-state index in [1.54, 1.807) is 6.92 Å². The van der Waals surface area contributed by atoms with Gasteiger partial charge in [0.05, 0.1) is 6.61 Å². The van der Waals surface area contributed by atoms with E-state index in [-0.39, 0.29) is 12.1 Å². The molecule has 2 rings (SSSR count). The number of hydrogen-bond acceptors (Lipinski definition) is 5. The highest BCUT2D eigenvalue weighted by atomic mass is 16.9. The van der Waals surface area contributed by atoms with Crippen LogP contribution in [0.15, 0.2) is 0 Å². The predicted octanol–water partition coefficient (Wildman–Crippen LogP) is 0.853. The Hall–Kier alpha value is -0.625. The van der Waals surface area contributed by atoms with Crippen LogP contribution in [0.3, 0.4) is 0 Å². The van der Waals surface area contributed by atoms with Gasteiger partial charge in [0.1, 0.15) is 7.85 Å². The van der Waals surface area contributed by atoms with Crippen molar-refractivity contribution in [1.29, 1.82) is 0 Å². The van der Waals surface area contributed by atoms with E-state index in [9.17, 15) is 4.79 Å². The molecule has 2 aliphatic rings. The SMILES string of the molecule is BCC1CNC(CONO[C@@H]2CCC(CCC)CN2C(C)=O)C1. The molecule has 2 heterocycles. The number of carbonyl (C=O) groups is 1. The summed E-state index contributed by atoms with van der Waals surface area (Å²) in [6.07, 6.45) is 6.44. The van der Waals surface area contributed by atoms with Crippen molar-refractivity contribution in [1.82, 2.24) is 15.9 Å². The lowest BCUT2D eigenvalue weighted by atomic mass is 9.89. The first kappa shape index (κ1) is 18.7. The van der Waals surface area contributed by atoms with Crippen molar-refractivity contribution >= 4 is 13.8 Å². The summed E-state index contributed by atoms with van der Waals surface area (Å²) in [4.78, 5) is 24.7. The van der Waals surface area contributed by atoms with E-state index in [4.69, 9.17) is 9.68 Å². The zero-order valence-electron chi connectivity index (χ0n) is 14.8. The molecule has 132 valence electrons. The van der Waals surface area contributed by atoms with Crippen LogP contribution in [-0.4, -0.2) is 50.6 Å². The predicted molar refractivity (Wildman–Crippen MR) is 92.2 cm³/mol. The number of nitrogens with zero attached hydrogens (tertiary/aromatic N) is 1.